The quantitative estimate of drug-likeness (QED) is 0.475. The van der Waals surface area contributed by atoms with Crippen molar-refractivity contribution >= 4 is 0 Å². The van der Waals surface area contributed by atoms with Crippen LogP contribution in [0, 0.1) is 0 Å². The van der Waals surface area contributed by atoms with Gasteiger partial charge >= 0.3 is 0 Å². The van der Waals surface area contributed by atoms with Gasteiger partial charge in [-0.25, -0.2) is 0 Å². The third kappa shape index (κ3) is 1.66. The number of benzene rings is 1. The predicted octanol–water partition coefficient (Wildman–Crippen LogP) is 0.0899. The summed E-state index contributed by atoms with van der Waals surface area (Å²) in [7, 11) is 0. The molecule has 4 nitrogen and oxygen atoms in total. The number of phenolic OH excluding ortho intramolecular Hbond substituents is 2. The van der Waals surface area contributed by atoms with E-state index in [0.29, 0.717) is 0 Å². The minimum atomic E-state index is -1.93. The number of nitrogens with two attached hydrogens (primary N) is 1. The first-order chi connectivity index (χ1) is 5.97. The van der Waals surface area contributed by atoms with Crippen LogP contribution in [0.2, 0.25) is 0 Å². The lowest BCUT2D eigenvalue weighted by Crippen LogP contribution is -2.11. The van der Waals surface area contributed by atoms with Crippen LogP contribution < -0.4 is 5.73 Å². The number of phenols is 2. The molecule has 12 heavy (non-hydrogen) atoms. The zero-order valence-corrected chi connectivity index (χ0v) is 6.36. The van der Waals surface area contributed by atoms with Gasteiger partial charge in [0.2, 0.25) is 0 Å². The average molecular weight is 171 g/mol. The molecule has 0 heterocycles. The molecule has 0 aliphatic carbocycles. The molecule has 0 bridgehead atoms. The van der Waals surface area contributed by atoms with Gasteiger partial charge in [-0.1, -0.05) is 6.07 Å². The first-order valence-corrected chi connectivity index (χ1v) is 3.42. The summed E-state index contributed by atoms with van der Waals surface area (Å²) in [5.41, 5.74) is 5.29. The van der Waals surface area contributed by atoms with Crippen LogP contribution >= 0.6 is 0 Å². The fourth-order valence-corrected chi connectivity index (χ4v) is 0.821. The second-order valence-electron chi connectivity index (χ2n) is 2.35. The maximum Gasteiger partial charge on any atom is 0.157 e. The Hall–Kier alpha value is -1.26. The van der Waals surface area contributed by atoms with Crippen LogP contribution in [0.25, 0.3) is 0 Å². The summed E-state index contributed by atoms with van der Waals surface area (Å²) < 4.78 is 7.32. The number of rotatable bonds is 2. The van der Waals surface area contributed by atoms with Crippen molar-refractivity contribution < 1.29 is 16.7 Å². The Bertz CT molecular complexity index is 314. The first-order valence-electron chi connectivity index (χ1n) is 3.92. The van der Waals surface area contributed by atoms with Crippen molar-refractivity contribution in [3.8, 4) is 11.5 Å². The maximum atomic E-state index is 9.36. The van der Waals surface area contributed by atoms with E-state index in [1.165, 1.54) is 12.1 Å². The molecule has 1 aromatic carbocycles. The van der Waals surface area contributed by atoms with E-state index in [1.807, 2.05) is 0 Å². The summed E-state index contributed by atoms with van der Waals surface area (Å²) in [5, 5.41) is 27.4. The van der Waals surface area contributed by atoms with Gasteiger partial charge in [-0.2, -0.15) is 0 Å². The molecule has 0 fully saturated rings. The Labute approximate surface area is 71.3 Å². The van der Waals surface area contributed by atoms with E-state index in [4.69, 9.17) is 17.3 Å². The molecule has 0 saturated carbocycles. The van der Waals surface area contributed by atoms with Crippen molar-refractivity contribution in [3.05, 3.63) is 23.8 Å². The second kappa shape index (κ2) is 3.42. The standard InChI is InChI=1S/C8H11NO3/c9-4-8(12)5-1-2-6(10)7(11)3-5/h1-3,8,10-12H,4,9H2/t8-/m0/s1/i8T. The third-order valence-electron chi connectivity index (χ3n) is 1.50. The lowest BCUT2D eigenvalue weighted by Gasteiger charge is -2.08. The molecule has 0 radical (unpaired) electrons. The highest BCUT2D eigenvalue weighted by atomic mass is 16.3. The maximum absolute atomic E-state index is 9.36. The van der Waals surface area contributed by atoms with Crippen LogP contribution in [0.3, 0.4) is 0 Å². The Morgan fingerprint density at radius 1 is 1.42 bits per heavy atom. The van der Waals surface area contributed by atoms with Gasteiger partial charge in [0.25, 0.3) is 0 Å². The van der Waals surface area contributed by atoms with Crippen LogP contribution in [-0.2, 0) is 0 Å². The van der Waals surface area contributed by atoms with Crippen LogP contribution in [0.15, 0.2) is 18.2 Å². The first kappa shape index (κ1) is 7.39. The van der Waals surface area contributed by atoms with Crippen molar-refractivity contribution in [2.24, 2.45) is 5.73 Å². The largest absolute Gasteiger partial charge is 0.504 e. The molecule has 0 unspecified atom stereocenters. The highest BCUT2D eigenvalue weighted by molar-refractivity contribution is 5.41. The minimum absolute atomic E-state index is 0.144. The van der Waals surface area contributed by atoms with Gasteiger partial charge in [0.05, 0.1) is 7.45 Å². The molecular weight excluding hydrogens is 158 g/mol. The Morgan fingerprint density at radius 2 is 2.08 bits per heavy atom. The van der Waals surface area contributed by atoms with Crippen LogP contribution in [-0.4, -0.2) is 21.9 Å². The van der Waals surface area contributed by atoms with Crippen molar-refractivity contribution in [2.45, 2.75) is 6.08 Å². The molecule has 66 valence electrons. The molecule has 0 saturated heterocycles. The lowest BCUT2D eigenvalue weighted by molar-refractivity contribution is 0.186. The van der Waals surface area contributed by atoms with Crippen molar-refractivity contribution in [1.82, 2.24) is 0 Å². The summed E-state index contributed by atoms with van der Waals surface area (Å²) in [4.78, 5) is 0. The van der Waals surface area contributed by atoms with Crippen molar-refractivity contribution in [3.63, 3.8) is 0 Å². The number of aromatic hydroxyl groups is 2. The molecule has 1 atom stereocenters. The molecule has 0 aliphatic heterocycles. The van der Waals surface area contributed by atoms with Crippen LogP contribution in [0.4, 0.5) is 0 Å². The van der Waals surface area contributed by atoms with Gasteiger partial charge in [0.15, 0.2) is 11.5 Å². The molecule has 0 amide bonds. The minimum Gasteiger partial charge on any atom is -0.504 e. The topological polar surface area (TPSA) is 86.7 Å². The molecule has 1 rings (SSSR count). The van der Waals surface area contributed by atoms with Crippen molar-refractivity contribution in [1.29, 1.82) is 0 Å². The highest BCUT2D eigenvalue weighted by Gasteiger charge is 2.07. The van der Waals surface area contributed by atoms with E-state index < -0.39 is 6.08 Å². The smallest absolute Gasteiger partial charge is 0.157 e. The molecule has 4 heteroatoms. The number of hydrogen-bond acceptors (Lipinski definition) is 4. The summed E-state index contributed by atoms with van der Waals surface area (Å²) in [6.07, 6.45) is -1.93. The van der Waals surface area contributed by atoms with Crippen LogP contribution in [0.1, 0.15) is 13.0 Å². The number of hydrogen-bond donors (Lipinski definition) is 4. The van der Waals surface area contributed by atoms with Gasteiger partial charge < -0.3 is 21.1 Å². The predicted molar refractivity (Wildman–Crippen MR) is 43.8 cm³/mol. The van der Waals surface area contributed by atoms with Gasteiger partial charge in [-0.3, -0.25) is 0 Å². The third-order valence-corrected chi connectivity index (χ3v) is 1.50. The van der Waals surface area contributed by atoms with Crippen molar-refractivity contribution in [2.75, 3.05) is 6.54 Å². The monoisotopic (exact) mass is 171 g/mol. The van der Waals surface area contributed by atoms with Gasteiger partial charge in [0.1, 0.15) is 0 Å². The van der Waals surface area contributed by atoms with Gasteiger partial charge in [-0.05, 0) is 17.7 Å². The van der Waals surface area contributed by atoms with E-state index in [2.05, 4.69) is 0 Å². The van der Waals surface area contributed by atoms with Gasteiger partial charge in [-0.15, -0.1) is 0 Å². The summed E-state index contributed by atoms with van der Waals surface area (Å²) in [6.45, 7) is -0.281. The van der Waals surface area contributed by atoms with Gasteiger partial charge in [0, 0.05) is 6.54 Å². The zero-order valence-electron chi connectivity index (χ0n) is 7.36. The lowest BCUT2D eigenvalue weighted by atomic mass is 10.1. The SMILES string of the molecule is [3H][C@](O)(CN)c1ccc(O)c(O)c1. The fraction of sp³-hybridized carbons (Fsp3) is 0.250. The molecule has 0 spiro atoms. The van der Waals surface area contributed by atoms with E-state index in [-0.39, 0.29) is 23.6 Å². The molecule has 5 N–H and O–H groups in total. The van der Waals surface area contributed by atoms with E-state index in [9.17, 15) is 5.11 Å². The summed E-state index contributed by atoms with van der Waals surface area (Å²) in [5.74, 6) is -0.673. The molecule has 1 aromatic rings. The summed E-state index contributed by atoms with van der Waals surface area (Å²) >= 11 is 0. The fourth-order valence-electron chi connectivity index (χ4n) is 0.821. The number of aliphatic hydroxyl groups is 1. The normalized spacial score (nSPS) is 16.7. The Balaban J connectivity index is 3.10. The Morgan fingerprint density at radius 3 is 2.58 bits per heavy atom. The zero-order chi connectivity index (χ0) is 10.1. The summed E-state index contributed by atoms with van der Waals surface area (Å²) in [6, 6.07) is 3.63. The van der Waals surface area contributed by atoms with E-state index in [0.717, 1.165) is 6.07 Å². The second-order valence-corrected chi connectivity index (χ2v) is 2.35. The van der Waals surface area contributed by atoms with E-state index >= 15 is 0 Å². The van der Waals surface area contributed by atoms with E-state index in [1.54, 1.807) is 0 Å². The molecular formula is C8H11NO3. The molecule has 0 aliphatic rings. The average Bonchev–Trinajstić information content (AvgIpc) is 2.09. The Kier molecular flexibility index (Phi) is 2.11. The highest BCUT2D eigenvalue weighted by Crippen LogP contribution is 2.27. The molecule has 0 aromatic heterocycles. The van der Waals surface area contributed by atoms with Crippen LogP contribution in [0.5, 0.6) is 11.5 Å².